The Balaban J connectivity index is 4.50. The van der Waals surface area contributed by atoms with E-state index in [-0.39, 0.29) is 37.5 Å². The molecule has 0 aromatic heterocycles. The van der Waals surface area contributed by atoms with Crippen molar-refractivity contribution in [1.29, 1.82) is 0 Å². The molecule has 6 heteroatoms. The van der Waals surface area contributed by atoms with E-state index in [0.29, 0.717) is 19.3 Å². The molecule has 0 radical (unpaired) electrons. The highest BCUT2D eigenvalue weighted by molar-refractivity contribution is 5.71. The number of hydrogen-bond acceptors (Lipinski definition) is 6. The molecule has 0 aromatic rings. The van der Waals surface area contributed by atoms with E-state index in [2.05, 4.69) is 112 Å². The van der Waals surface area contributed by atoms with Gasteiger partial charge in [0, 0.05) is 19.3 Å². The zero-order valence-electron chi connectivity index (χ0n) is 46.5. The Morgan fingerprint density at radius 2 is 0.577 bits per heavy atom. The second-order valence-electron chi connectivity index (χ2n) is 19.5. The first-order valence-corrected chi connectivity index (χ1v) is 29.7. The van der Waals surface area contributed by atoms with E-state index in [1.807, 2.05) is 6.08 Å². The van der Waals surface area contributed by atoms with Crippen molar-refractivity contribution in [3.8, 4) is 0 Å². The van der Waals surface area contributed by atoms with Gasteiger partial charge in [-0.25, -0.2) is 0 Å². The predicted molar refractivity (Wildman–Crippen MR) is 307 cm³/mol. The van der Waals surface area contributed by atoms with E-state index in [4.69, 9.17) is 14.2 Å². The Labute approximate surface area is 438 Å². The molecule has 0 bridgehead atoms. The van der Waals surface area contributed by atoms with Crippen molar-refractivity contribution in [2.75, 3.05) is 13.2 Å². The van der Waals surface area contributed by atoms with Crippen LogP contribution in [0.1, 0.15) is 278 Å². The Hall–Kier alpha value is -3.67. The van der Waals surface area contributed by atoms with Crippen LogP contribution >= 0.6 is 0 Å². The van der Waals surface area contributed by atoms with E-state index in [0.717, 1.165) is 89.9 Å². The number of allylic oxidation sites excluding steroid dienone is 16. The fourth-order valence-corrected chi connectivity index (χ4v) is 8.11. The monoisotopic (exact) mass is 987 g/mol. The highest BCUT2D eigenvalue weighted by Gasteiger charge is 2.19. The van der Waals surface area contributed by atoms with E-state index in [1.165, 1.54) is 141 Å². The minimum Gasteiger partial charge on any atom is -0.462 e. The van der Waals surface area contributed by atoms with Crippen LogP contribution in [0.3, 0.4) is 0 Å². The van der Waals surface area contributed by atoms with Crippen LogP contribution in [-0.4, -0.2) is 37.2 Å². The topological polar surface area (TPSA) is 78.9 Å². The van der Waals surface area contributed by atoms with Crippen LogP contribution in [0.4, 0.5) is 0 Å². The summed E-state index contributed by atoms with van der Waals surface area (Å²) in [5, 5.41) is 0. The molecule has 0 N–H and O–H groups in total. The van der Waals surface area contributed by atoms with Gasteiger partial charge in [0.1, 0.15) is 13.2 Å². The number of esters is 3. The normalized spacial score (nSPS) is 12.8. The summed E-state index contributed by atoms with van der Waals surface area (Å²) in [6.07, 6.45) is 78.4. The zero-order chi connectivity index (χ0) is 51.4. The van der Waals surface area contributed by atoms with Crippen molar-refractivity contribution < 1.29 is 28.6 Å². The lowest BCUT2D eigenvalue weighted by molar-refractivity contribution is -0.166. The largest absolute Gasteiger partial charge is 0.462 e. The Bertz CT molecular complexity index is 1410. The molecule has 0 saturated heterocycles. The molecule has 406 valence electrons. The SMILES string of the molecule is CC/C=C\C/C=C\C/C=C\C/C=C\C/C=C\C/C=C\CCC(=O)OC[C@H](COC(=O)CCCCCCC/C=C\CCCCCCCC)OC(=O)CCCCCCCCCCC/C=C\CCCCCCCC. The number of rotatable bonds is 53. The molecule has 0 spiro atoms. The molecule has 0 saturated carbocycles. The van der Waals surface area contributed by atoms with Gasteiger partial charge >= 0.3 is 17.9 Å². The van der Waals surface area contributed by atoms with Crippen LogP contribution in [-0.2, 0) is 28.6 Å². The number of ether oxygens (including phenoxy) is 3. The summed E-state index contributed by atoms with van der Waals surface area (Å²) < 4.78 is 16.8. The van der Waals surface area contributed by atoms with Crippen molar-refractivity contribution in [3.05, 3.63) is 97.2 Å². The minimum atomic E-state index is -0.814. The third-order valence-electron chi connectivity index (χ3n) is 12.6. The van der Waals surface area contributed by atoms with Crippen LogP contribution in [0, 0.1) is 0 Å². The Morgan fingerprint density at radius 1 is 0.296 bits per heavy atom. The lowest BCUT2D eigenvalue weighted by Gasteiger charge is -2.18. The molecular formula is C65H110O6. The fourth-order valence-electron chi connectivity index (χ4n) is 8.11. The fraction of sp³-hybridized carbons (Fsp3) is 0.708. The lowest BCUT2D eigenvalue weighted by atomic mass is 10.1. The zero-order valence-corrected chi connectivity index (χ0v) is 46.5. The molecule has 6 nitrogen and oxygen atoms in total. The van der Waals surface area contributed by atoms with Crippen LogP contribution in [0.2, 0.25) is 0 Å². The van der Waals surface area contributed by atoms with Gasteiger partial charge in [0.25, 0.3) is 0 Å². The van der Waals surface area contributed by atoms with E-state index < -0.39 is 6.10 Å². The first-order valence-electron chi connectivity index (χ1n) is 29.7. The first kappa shape index (κ1) is 67.3. The average molecular weight is 988 g/mol. The van der Waals surface area contributed by atoms with Gasteiger partial charge < -0.3 is 14.2 Å². The molecule has 0 fully saturated rings. The molecular weight excluding hydrogens is 877 g/mol. The third-order valence-corrected chi connectivity index (χ3v) is 12.6. The van der Waals surface area contributed by atoms with Crippen molar-refractivity contribution in [2.24, 2.45) is 0 Å². The second kappa shape index (κ2) is 58.9. The summed E-state index contributed by atoms with van der Waals surface area (Å²) in [6.45, 7) is 6.46. The maximum Gasteiger partial charge on any atom is 0.306 e. The summed E-state index contributed by atoms with van der Waals surface area (Å²) >= 11 is 0. The van der Waals surface area contributed by atoms with Gasteiger partial charge in [0.2, 0.25) is 0 Å². The van der Waals surface area contributed by atoms with Crippen LogP contribution in [0.5, 0.6) is 0 Å². The van der Waals surface area contributed by atoms with E-state index >= 15 is 0 Å². The van der Waals surface area contributed by atoms with Gasteiger partial charge in [-0.3, -0.25) is 14.4 Å². The molecule has 1 atom stereocenters. The van der Waals surface area contributed by atoms with E-state index in [9.17, 15) is 14.4 Å². The highest BCUT2D eigenvalue weighted by Crippen LogP contribution is 2.15. The maximum atomic E-state index is 12.9. The van der Waals surface area contributed by atoms with Gasteiger partial charge in [-0.05, 0) is 109 Å². The molecule has 0 aliphatic carbocycles. The predicted octanol–water partition coefficient (Wildman–Crippen LogP) is 20.1. The number of unbranched alkanes of at least 4 members (excludes halogenated alkanes) is 26. The molecule has 0 amide bonds. The summed E-state index contributed by atoms with van der Waals surface area (Å²) in [5.41, 5.74) is 0. The van der Waals surface area contributed by atoms with Crippen LogP contribution in [0.15, 0.2) is 97.2 Å². The quantitative estimate of drug-likeness (QED) is 0.0261. The molecule has 0 heterocycles. The molecule has 0 unspecified atom stereocenters. The van der Waals surface area contributed by atoms with Crippen molar-refractivity contribution in [3.63, 3.8) is 0 Å². The van der Waals surface area contributed by atoms with Crippen molar-refractivity contribution in [1.82, 2.24) is 0 Å². The summed E-state index contributed by atoms with van der Waals surface area (Å²) in [5.74, 6) is -0.998. The van der Waals surface area contributed by atoms with Crippen LogP contribution < -0.4 is 0 Å². The van der Waals surface area contributed by atoms with Crippen molar-refractivity contribution >= 4 is 17.9 Å². The average Bonchev–Trinajstić information content (AvgIpc) is 3.37. The van der Waals surface area contributed by atoms with Gasteiger partial charge in [0.05, 0.1) is 0 Å². The molecule has 0 aliphatic rings. The van der Waals surface area contributed by atoms with Crippen molar-refractivity contribution in [2.45, 2.75) is 284 Å². The van der Waals surface area contributed by atoms with Gasteiger partial charge in [-0.2, -0.15) is 0 Å². The molecule has 0 aliphatic heterocycles. The Kier molecular flexibility index (Phi) is 55.9. The smallest absolute Gasteiger partial charge is 0.306 e. The number of hydrogen-bond donors (Lipinski definition) is 0. The maximum absolute atomic E-state index is 12.9. The van der Waals surface area contributed by atoms with Crippen LogP contribution in [0.25, 0.3) is 0 Å². The van der Waals surface area contributed by atoms with Gasteiger partial charge in [0.15, 0.2) is 6.10 Å². The summed E-state index contributed by atoms with van der Waals surface area (Å²) in [4.78, 5) is 38.2. The van der Waals surface area contributed by atoms with Gasteiger partial charge in [-0.1, -0.05) is 246 Å². The molecule has 0 rings (SSSR count). The third kappa shape index (κ3) is 57.1. The lowest BCUT2D eigenvalue weighted by Crippen LogP contribution is -2.30. The standard InChI is InChI=1S/C65H110O6/c1-4-7-10-13-16-19-22-25-28-30-32-34-37-40-43-46-49-52-55-58-64(67)70-61-62(60-69-63(66)57-54-51-48-45-42-39-36-27-24-21-18-15-12-9-6-3)71-65(68)59-56-53-50-47-44-41-38-35-33-31-29-26-23-20-17-14-11-8-5-2/h7,10,16,19,25-29,32,34,36,40,43,49,52,62H,4-6,8-9,11-15,17-18,20-24,30-31,33,35,37-39,41-42,44-48,50-51,53-61H2,1-3H3/b10-7-,19-16-,28-25-,29-26-,34-32-,36-27-,43-40-,52-49-/t62-/m0/s1. The summed E-state index contributed by atoms with van der Waals surface area (Å²) in [7, 11) is 0. The molecule has 71 heavy (non-hydrogen) atoms. The van der Waals surface area contributed by atoms with E-state index in [1.54, 1.807) is 0 Å². The second-order valence-corrected chi connectivity index (χ2v) is 19.5. The summed E-state index contributed by atoms with van der Waals surface area (Å²) in [6, 6.07) is 0. The highest BCUT2D eigenvalue weighted by atomic mass is 16.6. The first-order chi connectivity index (χ1) is 35.0. The molecule has 0 aromatic carbocycles. The minimum absolute atomic E-state index is 0.106. The number of carbonyl (C=O) groups excluding carboxylic acids is 3. The number of carbonyl (C=O) groups is 3. The Morgan fingerprint density at radius 3 is 0.944 bits per heavy atom. The van der Waals surface area contributed by atoms with Gasteiger partial charge in [-0.15, -0.1) is 0 Å².